The number of anilines is 1. The highest BCUT2D eigenvalue weighted by molar-refractivity contribution is 7.07. The first-order valence-corrected chi connectivity index (χ1v) is 6.07. The van der Waals surface area contributed by atoms with Crippen LogP contribution in [-0.4, -0.2) is 35.3 Å². The zero-order chi connectivity index (χ0) is 13.4. The van der Waals surface area contributed by atoms with Gasteiger partial charge in [0, 0.05) is 12.4 Å². The minimum Gasteiger partial charge on any atom is -0.304 e. The van der Waals surface area contributed by atoms with Crippen molar-refractivity contribution in [2.24, 2.45) is 7.05 Å². The van der Waals surface area contributed by atoms with Gasteiger partial charge in [-0.15, -0.1) is 16.4 Å². The predicted molar refractivity (Wildman–Crippen MR) is 66.1 cm³/mol. The van der Waals surface area contributed by atoms with Crippen LogP contribution in [0, 0.1) is 0 Å². The van der Waals surface area contributed by atoms with Crippen LogP contribution in [0.25, 0.3) is 5.65 Å². The number of aryl methyl sites for hydroxylation is 1. The van der Waals surface area contributed by atoms with Gasteiger partial charge < -0.3 is 5.32 Å². The minimum absolute atomic E-state index is 0.0261. The monoisotopic (exact) mass is 277 g/mol. The van der Waals surface area contributed by atoms with Crippen LogP contribution in [0.2, 0.25) is 0 Å². The maximum Gasteiger partial charge on any atom is 0.352 e. The molecule has 0 unspecified atom stereocenters. The van der Waals surface area contributed by atoms with Crippen LogP contribution in [0.3, 0.4) is 0 Å². The van der Waals surface area contributed by atoms with E-state index in [-0.39, 0.29) is 11.3 Å². The number of thiazole rings is 1. The van der Waals surface area contributed by atoms with Gasteiger partial charge in [0.05, 0.1) is 5.51 Å². The van der Waals surface area contributed by atoms with Gasteiger partial charge in [-0.3, -0.25) is 4.79 Å². The van der Waals surface area contributed by atoms with Crippen LogP contribution in [0.5, 0.6) is 0 Å². The summed E-state index contributed by atoms with van der Waals surface area (Å²) in [6, 6.07) is 0. The molecule has 0 spiro atoms. The second kappa shape index (κ2) is 4.24. The second-order valence-corrected chi connectivity index (χ2v) is 4.33. The Kier molecular flexibility index (Phi) is 2.56. The number of fused-ring (bicyclic) bond motifs is 1. The lowest BCUT2D eigenvalue weighted by Crippen LogP contribution is -2.27. The Labute approximate surface area is 109 Å². The molecule has 96 valence electrons. The summed E-state index contributed by atoms with van der Waals surface area (Å²) in [6.45, 7) is 0. The van der Waals surface area contributed by atoms with Gasteiger partial charge in [0.25, 0.3) is 5.91 Å². The molecule has 9 nitrogen and oxygen atoms in total. The van der Waals surface area contributed by atoms with Crippen LogP contribution in [0.4, 0.5) is 5.82 Å². The molecule has 0 radical (unpaired) electrons. The van der Waals surface area contributed by atoms with E-state index in [0.717, 1.165) is 9.08 Å². The van der Waals surface area contributed by atoms with Crippen molar-refractivity contribution < 1.29 is 4.79 Å². The zero-order valence-corrected chi connectivity index (χ0v) is 10.5. The molecule has 0 aliphatic heterocycles. The highest BCUT2D eigenvalue weighted by Gasteiger charge is 2.17. The molecular formula is C9H7N7O2S. The van der Waals surface area contributed by atoms with Crippen LogP contribution < -0.4 is 11.0 Å². The maximum absolute atomic E-state index is 12.0. The van der Waals surface area contributed by atoms with E-state index in [4.69, 9.17) is 0 Å². The molecule has 3 aromatic rings. The van der Waals surface area contributed by atoms with Gasteiger partial charge in [0.1, 0.15) is 12.1 Å². The zero-order valence-electron chi connectivity index (χ0n) is 9.64. The lowest BCUT2D eigenvalue weighted by atomic mass is 10.4. The Morgan fingerprint density at radius 2 is 2.26 bits per heavy atom. The van der Waals surface area contributed by atoms with Gasteiger partial charge >= 0.3 is 5.69 Å². The lowest BCUT2D eigenvalue weighted by molar-refractivity contribution is 0.102. The van der Waals surface area contributed by atoms with Gasteiger partial charge in [-0.1, -0.05) is 5.21 Å². The highest BCUT2D eigenvalue weighted by atomic mass is 32.1. The Morgan fingerprint density at radius 3 is 3.00 bits per heavy atom. The third-order valence-electron chi connectivity index (χ3n) is 2.39. The minimum atomic E-state index is -0.490. The van der Waals surface area contributed by atoms with E-state index in [1.807, 2.05) is 0 Å². The highest BCUT2D eigenvalue weighted by Crippen LogP contribution is 2.10. The third-order valence-corrected chi connectivity index (χ3v) is 2.97. The molecule has 0 saturated heterocycles. The number of rotatable bonds is 2. The summed E-state index contributed by atoms with van der Waals surface area (Å²) in [5.41, 5.74) is 1.30. The van der Waals surface area contributed by atoms with E-state index in [2.05, 4.69) is 25.6 Å². The fourth-order valence-electron chi connectivity index (χ4n) is 1.49. The van der Waals surface area contributed by atoms with Gasteiger partial charge in [0.15, 0.2) is 11.3 Å². The number of hydrogen-bond acceptors (Lipinski definition) is 7. The first-order valence-electron chi connectivity index (χ1n) is 5.13. The number of hydrogen-bond donors (Lipinski definition) is 1. The molecule has 0 fully saturated rings. The Hall–Kier alpha value is -2.62. The largest absolute Gasteiger partial charge is 0.352 e. The summed E-state index contributed by atoms with van der Waals surface area (Å²) < 4.78 is 2.21. The fraction of sp³-hybridized carbons (Fsp3) is 0.111. The normalized spacial score (nSPS) is 10.8. The molecule has 0 atom stereocenters. The van der Waals surface area contributed by atoms with Crippen LogP contribution in [0.1, 0.15) is 10.5 Å². The van der Waals surface area contributed by atoms with Gasteiger partial charge in [-0.2, -0.15) is 4.68 Å². The second-order valence-electron chi connectivity index (χ2n) is 3.61. The molecule has 0 aromatic carbocycles. The Morgan fingerprint density at radius 1 is 1.42 bits per heavy atom. The molecule has 0 aliphatic carbocycles. The van der Waals surface area contributed by atoms with Gasteiger partial charge in [-0.25, -0.2) is 19.2 Å². The van der Waals surface area contributed by atoms with Crippen molar-refractivity contribution in [1.29, 1.82) is 0 Å². The number of imidazole rings is 1. The van der Waals surface area contributed by atoms with Crippen molar-refractivity contribution in [3.05, 3.63) is 33.4 Å². The average molecular weight is 277 g/mol. The van der Waals surface area contributed by atoms with Crippen molar-refractivity contribution in [3.8, 4) is 0 Å². The van der Waals surface area contributed by atoms with E-state index in [1.165, 1.54) is 24.7 Å². The van der Waals surface area contributed by atoms with Crippen molar-refractivity contribution in [2.45, 2.75) is 0 Å². The smallest absolute Gasteiger partial charge is 0.304 e. The summed E-state index contributed by atoms with van der Waals surface area (Å²) in [5, 5.41) is 11.6. The molecule has 3 heterocycles. The van der Waals surface area contributed by atoms with E-state index in [0.29, 0.717) is 5.82 Å². The first kappa shape index (κ1) is 11.5. The number of carbonyl (C=O) groups is 1. The van der Waals surface area contributed by atoms with Gasteiger partial charge in [-0.05, 0) is 0 Å². The average Bonchev–Trinajstić information content (AvgIpc) is 3.02. The molecule has 1 amide bonds. The van der Waals surface area contributed by atoms with Gasteiger partial charge in [0.2, 0.25) is 0 Å². The number of nitrogens with zero attached hydrogens (tertiary/aromatic N) is 6. The van der Waals surface area contributed by atoms with E-state index < -0.39 is 11.6 Å². The quantitative estimate of drug-likeness (QED) is 0.678. The summed E-state index contributed by atoms with van der Waals surface area (Å²) in [6.07, 6.45) is 1.24. The molecule has 0 bridgehead atoms. The molecule has 10 heteroatoms. The van der Waals surface area contributed by atoms with Crippen LogP contribution >= 0.6 is 11.3 Å². The Bertz CT molecular complexity index is 804. The van der Waals surface area contributed by atoms with E-state index in [1.54, 1.807) is 10.9 Å². The van der Waals surface area contributed by atoms with E-state index >= 15 is 0 Å². The van der Waals surface area contributed by atoms with Crippen molar-refractivity contribution >= 4 is 28.7 Å². The number of nitrogens with one attached hydrogen (secondary N) is 1. The fourth-order valence-corrected chi connectivity index (χ4v) is 1.98. The molecule has 1 N–H and O–H groups in total. The standard InChI is InChI=1S/C9H7N7O2S/c1-15-9(18)16-3-10-6(7(16)13-14-15)8(17)12-5-2-19-4-11-5/h2-4H,1H3,(H,12,17). The summed E-state index contributed by atoms with van der Waals surface area (Å²) in [4.78, 5) is 31.5. The third kappa shape index (κ3) is 1.87. The molecule has 3 aromatic heterocycles. The van der Waals surface area contributed by atoms with E-state index in [9.17, 15) is 9.59 Å². The Balaban J connectivity index is 2.04. The summed E-state index contributed by atoms with van der Waals surface area (Å²) >= 11 is 1.35. The molecule has 19 heavy (non-hydrogen) atoms. The molecular weight excluding hydrogens is 270 g/mol. The molecule has 3 rings (SSSR count). The molecule has 0 saturated carbocycles. The van der Waals surface area contributed by atoms with Crippen molar-refractivity contribution in [3.63, 3.8) is 0 Å². The number of aromatic nitrogens is 6. The first-order chi connectivity index (χ1) is 9.16. The van der Waals surface area contributed by atoms with Crippen molar-refractivity contribution in [2.75, 3.05) is 5.32 Å². The summed E-state index contributed by atoms with van der Waals surface area (Å²) in [5.74, 6) is -0.0658. The van der Waals surface area contributed by atoms with Crippen LogP contribution in [-0.2, 0) is 7.05 Å². The van der Waals surface area contributed by atoms with Crippen LogP contribution in [0.15, 0.2) is 22.0 Å². The summed E-state index contributed by atoms with van der Waals surface area (Å²) in [7, 11) is 1.46. The predicted octanol–water partition coefficient (Wildman–Crippen LogP) is -0.468. The van der Waals surface area contributed by atoms with Crippen molar-refractivity contribution in [1.82, 2.24) is 29.4 Å². The number of carbonyl (C=O) groups excluding carboxylic acids is 1. The number of amides is 1. The topological polar surface area (TPSA) is 107 Å². The molecule has 0 aliphatic rings. The lowest BCUT2D eigenvalue weighted by Gasteiger charge is -1.99. The maximum atomic E-state index is 12.0. The SMILES string of the molecule is Cn1nnc2c(C(=O)Nc3cscn3)ncn2c1=O.